The molecule has 3 aromatic carbocycles. The number of aromatic carboxylic acids is 1. The third kappa shape index (κ3) is 2.83. The molecule has 4 rings (SSSR count). The zero-order chi connectivity index (χ0) is 18.7. The minimum absolute atomic E-state index is 0.266. The van der Waals surface area contributed by atoms with Gasteiger partial charge in [0.05, 0.1) is 5.56 Å². The molecule has 4 aromatic rings. The molecule has 0 amide bonds. The Morgan fingerprint density at radius 3 is 1.41 bits per heavy atom. The van der Waals surface area contributed by atoms with Crippen molar-refractivity contribution in [2.75, 3.05) is 0 Å². The van der Waals surface area contributed by atoms with E-state index in [9.17, 15) is 9.90 Å². The summed E-state index contributed by atoms with van der Waals surface area (Å²) < 4.78 is 2.00. The average Bonchev–Trinajstić information content (AvgIpc) is 3.22. The maximum atomic E-state index is 11.5. The maximum absolute atomic E-state index is 11.5. The first kappa shape index (κ1) is 16.9. The largest absolute Gasteiger partial charge is 0.478 e. The van der Waals surface area contributed by atoms with Gasteiger partial charge in [0.15, 0.2) is 0 Å². The van der Waals surface area contributed by atoms with Gasteiger partial charge in [0.1, 0.15) is 5.54 Å². The summed E-state index contributed by atoms with van der Waals surface area (Å²) in [5, 5.41) is 9.46. The molecule has 0 unspecified atom stereocenters. The van der Waals surface area contributed by atoms with Crippen LogP contribution in [0.15, 0.2) is 109 Å². The van der Waals surface area contributed by atoms with Crippen molar-refractivity contribution in [3.8, 4) is 0 Å². The predicted octanol–water partition coefficient (Wildman–Crippen LogP) is 5.03. The molecule has 0 aliphatic rings. The van der Waals surface area contributed by atoms with E-state index in [1.54, 1.807) is 12.3 Å². The van der Waals surface area contributed by atoms with Crippen LogP contribution in [0.1, 0.15) is 27.0 Å². The molecular formula is C24H19NO2. The quantitative estimate of drug-likeness (QED) is 0.512. The van der Waals surface area contributed by atoms with Gasteiger partial charge in [0.2, 0.25) is 0 Å². The molecule has 0 saturated carbocycles. The second-order valence-corrected chi connectivity index (χ2v) is 6.42. The molecule has 1 aromatic heterocycles. The van der Waals surface area contributed by atoms with Crippen LogP contribution in [0.25, 0.3) is 0 Å². The molecule has 1 heterocycles. The van der Waals surface area contributed by atoms with E-state index in [0.29, 0.717) is 0 Å². The molecule has 0 aliphatic heterocycles. The second-order valence-electron chi connectivity index (χ2n) is 6.42. The van der Waals surface area contributed by atoms with Crippen molar-refractivity contribution < 1.29 is 9.90 Å². The number of rotatable bonds is 5. The Bertz CT molecular complexity index is 941. The number of hydrogen-bond acceptors (Lipinski definition) is 1. The van der Waals surface area contributed by atoms with E-state index in [1.807, 2.05) is 65.4 Å². The van der Waals surface area contributed by atoms with E-state index in [1.165, 1.54) is 0 Å². The number of carboxylic acids is 1. The van der Waals surface area contributed by atoms with Crippen molar-refractivity contribution in [2.45, 2.75) is 5.54 Å². The highest BCUT2D eigenvalue weighted by molar-refractivity contribution is 5.87. The highest BCUT2D eigenvalue weighted by Gasteiger charge is 2.38. The Labute approximate surface area is 158 Å². The zero-order valence-corrected chi connectivity index (χ0v) is 14.7. The molecule has 3 heteroatoms. The van der Waals surface area contributed by atoms with Crippen LogP contribution in [0, 0.1) is 0 Å². The zero-order valence-electron chi connectivity index (χ0n) is 14.7. The van der Waals surface area contributed by atoms with Gasteiger partial charge in [-0.1, -0.05) is 91.0 Å². The Morgan fingerprint density at radius 2 is 1.07 bits per heavy atom. The number of benzene rings is 3. The smallest absolute Gasteiger partial charge is 0.337 e. The summed E-state index contributed by atoms with van der Waals surface area (Å²) in [6.45, 7) is 0. The van der Waals surface area contributed by atoms with Gasteiger partial charge in [-0.3, -0.25) is 0 Å². The van der Waals surface area contributed by atoms with Gasteiger partial charge in [-0.15, -0.1) is 0 Å². The first-order valence-corrected chi connectivity index (χ1v) is 8.81. The van der Waals surface area contributed by atoms with Crippen LogP contribution in [0.2, 0.25) is 0 Å². The average molecular weight is 353 g/mol. The highest BCUT2D eigenvalue weighted by Crippen LogP contribution is 2.40. The predicted molar refractivity (Wildman–Crippen MR) is 106 cm³/mol. The molecule has 0 aliphatic carbocycles. The topological polar surface area (TPSA) is 42.2 Å². The molecule has 0 radical (unpaired) electrons. The fourth-order valence-corrected chi connectivity index (χ4v) is 3.72. The van der Waals surface area contributed by atoms with Crippen molar-refractivity contribution in [3.05, 3.63) is 132 Å². The minimum atomic E-state index is -0.933. The van der Waals surface area contributed by atoms with Gasteiger partial charge >= 0.3 is 5.97 Å². The lowest BCUT2D eigenvalue weighted by atomic mass is 9.77. The molecule has 132 valence electrons. The fraction of sp³-hybridized carbons (Fsp3) is 0.0417. The standard InChI is InChI=1S/C24H19NO2/c26-23(27)19-16-17-25(18-19)24(20-10-4-1-5-11-20,21-12-6-2-7-13-21)22-14-8-3-9-15-22/h1-18H,(H,26,27). The second kappa shape index (κ2) is 6.96. The summed E-state index contributed by atoms with van der Waals surface area (Å²) in [4.78, 5) is 11.5. The van der Waals surface area contributed by atoms with E-state index >= 15 is 0 Å². The van der Waals surface area contributed by atoms with Crippen LogP contribution in [0.3, 0.4) is 0 Å². The monoisotopic (exact) mass is 353 g/mol. The third-order valence-electron chi connectivity index (χ3n) is 4.90. The van der Waals surface area contributed by atoms with Crippen molar-refractivity contribution in [3.63, 3.8) is 0 Å². The summed E-state index contributed by atoms with van der Waals surface area (Å²) in [5.41, 5.74) is 2.79. The SMILES string of the molecule is O=C(O)c1ccn(C(c2ccccc2)(c2ccccc2)c2ccccc2)c1. The normalized spacial score (nSPS) is 11.3. The molecular weight excluding hydrogens is 334 g/mol. The van der Waals surface area contributed by atoms with Gasteiger partial charge in [-0.05, 0) is 22.8 Å². The van der Waals surface area contributed by atoms with E-state index in [4.69, 9.17) is 0 Å². The molecule has 1 N–H and O–H groups in total. The molecule has 0 atom stereocenters. The lowest BCUT2D eigenvalue weighted by Crippen LogP contribution is -2.36. The van der Waals surface area contributed by atoms with E-state index < -0.39 is 11.5 Å². The highest BCUT2D eigenvalue weighted by atomic mass is 16.4. The summed E-state index contributed by atoms with van der Waals surface area (Å²) in [7, 11) is 0. The van der Waals surface area contributed by atoms with Crippen LogP contribution in [0.5, 0.6) is 0 Å². The number of aromatic nitrogens is 1. The number of carbonyl (C=O) groups is 1. The number of carboxylic acid groups (broad SMARTS) is 1. The molecule has 0 bridgehead atoms. The van der Waals surface area contributed by atoms with Crippen LogP contribution in [-0.2, 0) is 5.54 Å². The molecule has 0 spiro atoms. The third-order valence-corrected chi connectivity index (χ3v) is 4.90. The number of nitrogens with zero attached hydrogens (tertiary/aromatic N) is 1. The van der Waals surface area contributed by atoms with Crippen molar-refractivity contribution >= 4 is 5.97 Å². The van der Waals surface area contributed by atoms with E-state index in [-0.39, 0.29) is 5.56 Å². The van der Waals surface area contributed by atoms with Gasteiger partial charge in [-0.2, -0.15) is 0 Å². The van der Waals surface area contributed by atoms with Crippen LogP contribution >= 0.6 is 0 Å². The summed E-state index contributed by atoms with van der Waals surface area (Å²) in [6, 6.07) is 32.2. The Balaban J connectivity index is 2.10. The van der Waals surface area contributed by atoms with Crippen LogP contribution in [0.4, 0.5) is 0 Å². The van der Waals surface area contributed by atoms with Crippen molar-refractivity contribution in [1.82, 2.24) is 4.57 Å². The molecule has 0 fully saturated rings. The van der Waals surface area contributed by atoms with Crippen LogP contribution in [-0.4, -0.2) is 15.6 Å². The van der Waals surface area contributed by atoms with Crippen molar-refractivity contribution in [1.29, 1.82) is 0 Å². The van der Waals surface area contributed by atoms with Gasteiger partial charge < -0.3 is 9.67 Å². The lowest BCUT2D eigenvalue weighted by Gasteiger charge is -2.37. The first-order valence-electron chi connectivity index (χ1n) is 8.81. The number of hydrogen-bond donors (Lipinski definition) is 1. The fourth-order valence-electron chi connectivity index (χ4n) is 3.72. The summed E-state index contributed by atoms with van der Waals surface area (Å²) >= 11 is 0. The Kier molecular flexibility index (Phi) is 4.35. The molecule has 3 nitrogen and oxygen atoms in total. The van der Waals surface area contributed by atoms with E-state index in [2.05, 4.69) is 36.4 Å². The van der Waals surface area contributed by atoms with Crippen LogP contribution < -0.4 is 0 Å². The molecule has 0 saturated heterocycles. The van der Waals surface area contributed by atoms with E-state index in [0.717, 1.165) is 16.7 Å². The Hall–Kier alpha value is -3.59. The van der Waals surface area contributed by atoms with Gasteiger partial charge in [0, 0.05) is 12.4 Å². The maximum Gasteiger partial charge on any atom is 0.337 e. The lowest BCUT2D eigenvalue weighted by molar-refractivity contribution is 0.0696. The van der Waals surface area contributed by atoms with Gasteiger partial charge in [-0.25, -0.2) is 4.79 Å². The molecule has 27 heavy (non-hydrogen) atoms. The Morgan fingerprint density at radius 1 is 0.667 bits per heavy atom. The minimum Gasteiger partial charge on any atom is -0.478 e. The first-order chi connectivity index (χ1) is 13.2. The summed E-state index contributed by atoms with van der Waals surface area (Å²) in [6.07, 6.45) is 3.55. The summed E-state index contributed by atoms with van der Waals surface area (Å²) in [5.74, 6) is -0.933. The van der Waals surface area contributed by atoms with Gasteiger partial charge in [0.25, 0.3) is 0 Å². The van der Waals surface area contributed by atoms with Crippen molar-refractivity contribution in [2.24, 2.45) is 0 Å².